The zero-order valence-electron chi connectivity index (χ0n) is 15.7. The van der Waals surface area contributed by atoms with Crippen molar-refractivity contribution >= 4 is 67.2 Å². The van der Waals surface area contributed by atoms with Gasteiger partial charge < -0.3 is 5.32 Å². The van der Waals surface area contributed by atoms with Crippen LogP contribution in [0.15, 0.2) is 63.9 Å². The lowest BCUT2D eigenvalue weighted by molar-refractivity contribution is 0.256. The second kappa shape index (κ2) is 8.51. The number of benzene rings is 2. The van der Waals surface area contributed by atoms with E-state index in [1.54, 1.807) is 0 Å². The number of hydrogen-bond acceptors (Lipinski definition) is 6. The van der Waals surface area contributed by atoms with Crippen LogP contribution in [0.3, 0.4) is 0 Å². The maximum absolute atomic E-state index is 14.7. The number of nitrogens with zero attached hydrogens (tertiary/aromatic N) is 2. The number of amides is 2. The highest BCUT2D eigenvalue weighted by molar-refractivity contribution is 7.92. The summed E-state index contributed by atoms with van der Waals surface area (Å²) in [6.07, 6.45) is 1.16. The number of thiophene rings is 1. The van der Waals surface area contributed by atoms with Crippen LogP contribution in [0, 0.1) is 5.82 Å². The summed E-state index contributed by atoms with van der Waals surface area (Å²) in [4.78, 5) is 28.9. The molecule has 8 nitrogen and oxygen atoms in total. The molecule has 2 heterocycles. The minimum absolute atomic E-state index is 0.0308. The van der Waals surface area contributed by atoms with E-state index in [2.05, 4.69) is 10.3 Å². The first-order valence-electron chi connectivity index (χ1n) is 8.70. The van der Waals surface area contributed by atoms with Gasteiger partial charge in [-0.2, -0.15) is 0 Å². The number of aromatic nitrogens is 2. The Kier molecular flexibility index (Phi) is 5.91. The Balaban J connectivity index is 1.57. The molecule has 0 saturated carbocycles. The zero-order valence-corrected chi connectivity index (χ0v) is 18.8. The van der Waals surface area contributed by atoms with E-state index < -0.39 is 27.4 Å². The van der Waals surface area contributed by atoms with Gasteiger partial charge in [0.15, 0.2) is 0 Å². The van der Waals surface area contributed by atoms with Crippen molar-refractivity contribution < 1.29 is 17.6 Å². The van der Waals surface area contributed by atoms with Crippen LogP contribution in [0.4, 0.5) is 14.9 Å². The van der Waals surface area contributed by atoms with E-state index in [4.69, 9.17) is 23.2 Å². The second-order valence-electron chi connectivity index (χ2n) is 6.37. The van der Waals surface area contributed by atoms with E-state index in [1.807, 2.05) is 4.72 Å². The van der Waals surface area contributed by atoms with Crippen molar-refractivity contribution in [1.82, 2.24) is 14.3 Å². The van der Waals surface area contributed by atoms with Gasteiger partial charge in [-0.1, -0.05) is 23.2 Å². The molecule has 4 rings (SSSR count). The van der Waals surface area contributed by atoms with Gasteiger partial charge in [-0.3, -0.25) is 9.36 Å². The van der Waals surface area contributed by atoms with Crippen LogP contribution in [0.1, 0.15) is 0 Å². The Morgan fingerprint density at radius 3 is 2.56 bits per heavy atom. The zero-order chi connectivity index (χ0) is 23.0. The molecule has 0 bridgehead atoms. The third-order valence-electron chi connectivity index (χ3n) is 4.23. The van der Waals surface area contributed by atoms with Crippen molar-refractivity contribution in [3.8, 4) is 5.69 Å². The number of anilines is 1. The minimum Gasteiger partial charge on any atom is -0.307 e. The van der Waals surface area contributed by atoms with Crippen LogP contribution in [-0.4, -0.2) is 24.0 Å². The third kappa shape index (κ3) is 4.46. The summed E-state index contributed by atoms with van der Waals surface area (Å²) in [6, 6.07) is 9.58. The molecule has 2 aromatic carbocycles. The lowest BCUT2D eigenvalue weighted by Gasteiger charge is -2.11. The molecule has 2 N–H and O–H groups in total. The Morgan fingerprint density at radius 1 is 1.09 bits per heavy atom. The number of carbonyl (C=O) groups is 1. The SMILES string of the molecule is O=C(Nc1ccc(-n2cnc3cc(Cl)ccc3c2=O)c(F)c1)NS(=O)(=O)c1ccc(Cl)s1. The van der Waals surface area contributed by atoms with Crippen molar-refractivity contribution in [1.29, 1.82) is 0 Å². The first-order chi connectivity index (χ1) is 15.1. The van der Waals surface area contributed by atoms with Gasteiger partial charge in [-0.25, -0.2) is 27.3 Å². The highest BCUT2D eigenvalue weighted by Crippen LogP contribution is 2.25. The molecule has 0 aliphatic rings. The largest absolute Gasteiger partial charge is 0.333 e. The second-order valence-corrected chi connectivity index (χ2v) is 10.4. The number of carbonyl (C=O) groups excluding carboxylic acids is 1. The molecule has 164 valence electrons. The van der Waals surface area contributed by atoms with Gasteiger partial charge in [-0.05, 0) is 48.5 Å². The molecule has 0 fully saturated rings. The van der Waals surface area contributed by atoms with Gasteiger partial charge in [0.25, 0.3) is 15.6 Å². The standard InChI is InChI=1S/C19H11Cl2FN4O4S2/c20-10-1-3-12-14(7-10)23-9-26(18(12)27)15-4-2-11(8-13(15)22)24-19(28)25-32(29,30)17-6-5-16(21)31-17/h1-9H,(H2,24,25,28). The molecule has 0 atom stereocenters. The van der Waals surface area contributed by atoms with Crippen LogP contribution >= 0.6 is 34.5 Å². The summed E-state index contributed by atoms with van der Waals surface area (Å²) in [5.74, 6) is -0.840. The molecule has 0 radical (unpaired) electrons. The number of urea groups is 1. The summed E-state index contributed by atoms with van der Waals surface area (Å²) in [6.45, 7) is 0. The lowest BCUT2D eigenvalue weighted by Crippen LogP contribution is -2.34. The summed E-state index contributed by atoms with van der Waals surface area (Å²) in [5.41, 5.74) is -0.282. The first-order valence-corrected chi connectivity index (χ1v) is 11.8. The molecular formula is C19H11Cl2FN4O4S2. The molecule has 0 spiro atoms. The van der Waals surface area contributed by atoms with E-state index >= 15 is 0 Å². The van der Waals surface area contributed by atoms with Gasteiger partial charge in [0.1, 0.15) is 16.4 Å². The van der Waals surface area contributed by atoms with E-state index in [9.17, 15) is 22.4 Å². The maximum Gasteiger partial charge on any atom is 0.333 e. The van der Waals surface area contributed by atoms with Gasteiger partial charge in [0, 0.05) is 10.7 Å². The highest BCUT2D eigenvalue weighted by Gasteiger charge is 2.20. The minimum atomic E-state index is -4.13. The lowest BCUT2D eigenvalue weighted by atomic mass is 10.2. The average molecular weight is 513 g/mol. The van der Waals surface area contributed by atoms with Gasteiger partial charge in [0.2, 0.25) is 0 Å². The van der Waals surface area contributed by atoms with Crippen molar-refractivity contribution in [3.05, 3.63) is 80.4 Å². The quantitative estimate of drug-likeness (QED) is 0.420. The monoisotopic (exact) mass is 512 g/mol. The topological polar surface area (TPSA) is 110 Å². The highest BCUT2D eigenvalue weighted by atomic mass is 35.5. The van der Waals surface area contributed by atoms with Crippen LogP contribution in [0.2, 0.25) is 9.36 Å². The van der Waals surface area contributed by atoms with Crippen molar-refractivity contribution in [3.63, 3.8) is 0 Å². The van der Waals surface area contributed by atoms with E-state index in [0.29, 0.717) is 10.5 Å². The van der Waals surface area contributed by atoms with Gasteiger partial charge in [0.05, 0.1) is 20.9 Å². The number of sulfonamides is 1. The Hall–Kier alpha value is -2.99. The van der Waals surface area contributed by atoms with Crippen molar-refractivity contribution in [2.24, 2.45) is 0 Å². The van der Waals surface area contributed by atoms with Crippen LogP contribution in [0.25, 0.3) is 16.6 Å². The van der Waals surface area contributed by atoms with E-state index in [1.165, 1.54) is 42.5 Å². The molecule has 13 heteroatoms. The molecule has 0 aliphatic carbocycles. The molecule has 32 heavy (non-hydrogen) atoms. The van der Waals surface area contributed by atoms with Gasteiger partial charge >= 0.3 is 6.03 Å². The van der Waals surface area contributed by atoms with Crippen LogP contribution in [-0.2, 0) is 10.0 Å². The predicted molar refractivity (Wildman–Crippen MR) is 121 cm³/mol. The number of nitrogens with one attached hydrogen (secondary N) is 2. The fourth-order valence-corrected chi connectivity index (χ4v) is 5.37. The number of hydrogen-bond donors (Lipinski definition) is 2. The summed E-state index contributed by atoms with van der Waals surface area (Å²) in [5, 5.41) is 2.88. The van der Waals surface area contributed by atoms with Crippen molar-refractivity contribution in [2.45, 2.75) is 4.21 Å². The van der Waals surface area contributed by atoms with Crippen LogP contribution < -0.4 is 15.6 Å². The summed E-state index contributed by atoms with van der Waals surface area (Å²) >= 11 is 12.4. The number of fused-ring (bicyclic) bond motifs is 1. The Labute approximate surface area is 194 Å². The molecule has 2 amide bonds. The normalized spacial score (nSPS) is 11.5. The predicted octanol–water partition coefficient (Wildman–Crippen LogP) is 4.40. The van der Waals surface area contributed by atoms with E-state index in [0.717, 1.165) is 28.3 Å². The first kappa shape index (κ1) is 22.2. The fourth-order valence-electron chi connectivity index (χ4n) is 2.82. The average Bonchev–Trinajstić information content (AvgIpc) is 3.16. The molecule has 2 aromatic heterocycles. The Morgan fingerprint density at radius 2 is 1.88 bits per heavy atom. The fraction of sp³-hybridized carbons (Fsp3) is 0. The van der Waals surface area contributed by atoms with Crippen LogP contribution in [0.5, 0.6) is 0 Å². The molecule has 0 saturated heterocycles. The van der Waals surface area contributed by atoms with Gasteiger partial charge in [-0.15, -0.1) is 11.3 Å². The molecule has 0 aliphatic heterocycles. The number of halogens is 3. The smallest absolute Gasteiger partial charge is 0.307 e. The molecular weight excluding hydrogens is 502 g/mol. The van der Waals surface area contributed by atoms with E-state index in [-0.39, 0.29) is 25.3 Å². The summed E-state index contributed by atoms with van der Waals surface area (Å²) in [7, 11) is -4.13. The number of rotatable bonds is 4. The van der Waals surface area contributed by atoms with Crippen molar-refractivity contribution in [2.75, 3.05) is 5.32 Å². The molecule has 0 unspecified atom stereocenters. The molecule has 4 aromatic rings. The Bertz CT molecular complexity index is 1540. The summed E-state index contributed by atoms with van der Waals surface area (Å²) < 4.78 is 42.0. The maximum atomic E-state index is 14.7. The third-order valence-corrected chi connectivity index (χ3v) is 7.52.